The Morgan fingerprint density at radius 3 is 2.57 bits per heavy atom. The van der Waals surface area contributed by atoms with Crippen molar-refractivity contribution in [1.82, 2.24) is 9.88 Å². The number of H-pyrrole nitrogens is 1. The predicted octanol–water partition coefficient (Wildman–Crippen LogP) is 3.65. The van der Waals surface area contributed by atoms with Crippen LogP contribution in [0.2, 0.25) is 0 Å². The zero-order valence-electron chi connectivity index (χ0n) is 20.9. The summed E-state index contributed by atoms with van der Waals surface area (Å²) in [6.07, 6.45) is 6.52. The van der Waals surface area contributed by atoms with Crippen LogP contribution in [-0.2, 0) is 22.1 Å². The Balaban J connectivity index is 1.67. The van der Waals surface area contributed by atoms with Crippen molar-refractivity contribution < 1.29 is 17.5 Å². The molecule has 1 aliphatic rings. The number of imidazole rings is 1. The SMILES string of the molecule is CN(C)CC[n+]1c(/C=C/C=C2/N(CCCS(=O)(=O)[O-])c3ccccc3C2(C)C)[nH]c2ccccc21. The van der Waals surface area contributed by atoms with Crippen molar-refractivity contribution >= 4 is 32.9 Å². The quantitative estimate of drug-likeness (QED) is 0.363. The molecular weight excluding hydrogens is 460 g/mol. The lowest BCUT2D eigenvalue weighted by atomic mass is 9.84. The molecule has 0 amide bonds. The minimum atomic E-state index is -4.24. The highest BCUT2D eigenvalue weighted by atomic mass is 32.2. The van der Waals surface area contributed by atoms with Gasteiger partial charge in [0.2, 0.25) is 0 Å². The summed E-state index contributed by atoms with van der Waals surface area (Å²) in [5.41, 5.74) is 5.33. The molecule has 2 heterocycles. The predicted molar refractivity (Wildman–Crippen MR) is 140 cm³/mol. The van der Waals surface area contributed by atoms with Gasteiger partial charge in [-0.15, -0.1) is 0 Å². The molecule has 0 saturated carbocycles. The summed E-state index contributed by atoms with van der Waals surface area (Å²) >= 11 is 0. The molecule has 7 nitrogen and oxygen atoms in total. The van der Waals surface area contributed by atoms with Crippen LogP contribution in [0.4, 0.5) is 5.69 Å². The molecule has 0 bridgehead atoms. The first-order chi connectivity index (χ1) is 16.6. The summed E-state index contributed by atoms with van der Waals surface area (Å²) < 4.78 is 35.8. The Morgan fingerprint density at radius 1 is 1.11 bits per heavy atom. The number of hydrogen-bond acceptors (Lipinski definition) is 5. The minimum Gasteiger partial charge on any atom is -0.748 e. The summed E-state index contributed by atoms with van der Waals surface area (Å²) in [4.78, 5) is 7.84. The zero-order valence-corrected chi connectivity index (χ0v) is 21.7. The molecule has 4 rings (SSSR count). The summed E-state index contributed by atoms with van der Waals surface area (Å²) in [5.74, 6) is 0.651. The van der Waals surface area contributed by atoms with Crippen molar-refractivity contribution in [3.05, 3.63) is 77.8 Å². The summed E-state index contributed by atoms with van der Waals surface area (Å²) in [6.45, 7) is 6.61. The number of aromatic nitrogens is 2. The third kappa shape index (κ3) is 5.50. The molecule has 3 aromatic rings. The maximum atomic E-state index is 11.2. The van der Waals surface area contributed by atoms with E-state index in [2.05, 4.69) is 95.9 Å². The van der Waals surface area contributed by atoms with Gasteiger partial charge < -0.3 is 14.4 Å². The van der Waals surface area contributed by atoms with Crippen molar-refractivity contribution in [2.45, 2.75) is 32.2 Å². The molecular formula is C27H34N4O3S. The Labute approximate surface area is 208 Å². The molecule has 0 saturated heterocycles. The first-order valence-corrected chi connectivity index (χ1v) is 13.5. The van der Waals surface area contributed by atoms with Gasteiger partial charge in [-0.25, -0.2) is 18.0 Å². The highest BCUT2D eigenvalue weighted by Crippen LogP contribution is 2.47. The summed E-state index contributed by atoms with van der Waals surface area (Å²) in [6, 6.07) is 16.5. The van der Waals surface area contributed by atoms with E-state index in [1.165, 1.54) is 5.56 Å². The fourth-order valence-electron chi connectivity index (χ4n) is 4.83. The van der Waals surface area contributed by atoms with Gasteiger partial charge in [-0.3, -0.25) is 0 Å². The van der Waals surface area contributed by atoms with Crippen LogP contribution in [0, 0.1) is 0 Å². The van der Waals surface area contributed by atoms with Crippen molar-refractivity contribution in [1.29, 1.82) is 0 Å². The smallest absolute Gasteiger partial charge is 0.280 e. The highest BCUT2D eigenvalue weighted by Gasteiger charge is 2.39. The molecule has 186 valence electrons. The normalized spacial score (nSPS) is 16.7. The molecule has 0 spiro atoms. The van der Waals surface area contributed by atoms with Crippen LogP contribution in [-0.4, -0.2) is 55.8 Å². The lowest BCUT2D eigenvalue weighted by molar-refractivity contribution is -0.672. The second-order valence-electron chi connectivity index (χ2n) is 9.80. The largest absolute Gasteiger partial charge is 0.748 e. The molecule has 2 aromatic carbocycles. The first kappa shape index (κ1) is 25.2. The van der Waals surface area contributed by atoms with E-state index in [-0.39, 0.29) is 17.6 Å². The standard InChI is InChI=1S/C27H34N4O3S/c1-27(2)21-11-5-7-13-23(21)30(17-10-20-35(32,33)34)25(27)15-9-16-26-28-22-12-6-8-14-24(22)31(26)19-18-29(3)4/h5-9,11-16H,10,17-20H2,1-4H3,(H,32,33,34)/b16-9+,25-15+. The van der Waals surface area contributed by atoms with Crippen molar-refractivity contribution in [3.63, 3.8) is 0 Å². The van der Waals surface area contributed by atoms with Gasteiger partial charge in [-0.2, -0.15) is 0 Å². The van der Waals surface area contributed by atoms with E-state index in [0.717, 1.165) is 41.3 Å². The Bertz CT molecular complexity index is 1370. The molecule has 0 radical (unpaired) electrons. The monoisotopic (exact) mass is 494 g/mol. The number of fused-ring (bicyclic) bond motifs is 2. The van der Waals surface area contributed by atoms with E-state index in [4.69, 9.17) is 0 Å². The van der Waals surface area contributed by atoms with Crippen LogP contribution >= 0.6 is 0 Å². The van der Waals surface area contributed by atoms with Crippen molar-refractivity contribution in [3.8, 4) is 0 Å². The number of hydrogen-bond donors (Lipinski definition) is 1. The number of anilines is 1. The molecule has 1 N–H and O–H groups in total. The van der Waals surface area contributed by atoms with Gasteiger partial charge in [0.1, 0.15) is 6.54 Å². The topological polar surface area (TPSA) is 83.3 Å². The van der Waals surface area contributed by atoms with E-state index < -0.39 is 10.1 Å². The fraction of sp³-hybridized carbons (Fsp3) is 0.370. The maximum Gasteiger partial charge on any atom is 0.280 e. The third-order valence-electron chi connectivity index (χ3n) is 6.60. The Hall–Kier alpha value is -2.94. The molecule has 0 fully saturated rings. The van der Waals surface area contributed by atoms with Gasteiger partial charge in [0, 0.05) is 41.7 Å². The van der Waals surface area contributed by atoms with Crippen LogP contribution in [0.5, 0.6) is 0 Å². The molecule has 0 aliphatic carbocycles. The number of rotatable bonds is 9. The van der Waals surface area contributed by atoms with Gasteiger partial charge in [0.25, 0.3) is 5.82 Å². The average molecular weight is 495 g/mol. The molecule has 1 aliphatic heterocycles. The number of allylic oxidation sites excluding steroid dienone is 3. The Kier molecular flexibility index (Phi) is 7.17. The number of nitrogens with one attached hydrogen (secondary N) is 1. The lowest BCUT2D eigenvalue weighted by Gasteiger charge is -2.27. The van der Waals surface area contributed by atoms with E-state index in [1.54, 1.807) is 0 Å². The molecule has 1 aromatic heterocycles. The highest BCUT2D eigenvalue weighted by molar-refractivity contribution is 7.85. The second kappa shape index (κ2) is 9.97. The number of benzene rings is 2. The van der Waals surface area contributed by atoms with Crippen molar-refractivity contribution in [2.75, 3.05) is 37.8 Å². The number of nitrogens with zero attached hydrogens (tertiary/aromatic N) is 3. The van der Waals surface area contributed by atoms with Crippen LogP contribution in [0.25, 0.3) is 17.1 Å². The van der Waals surface area contributed by atoms with Crippen LogP contribution < -0.4 is 9.47 Å². The summed E-state index contributed by atoms with van der Waals surface area (Å²) in [7, 11) is -0.0996. The Morgan fingerprint density at radius 2 is 1.83 bits per heavy atom. The van der Waals surface area contributed by atoms with E-state index in [1.807, 2.05) is 18.2 Å². The number of para-hydroxylation sites is 3. The number of aromatic amines is 1. The maximum absolute atomic E-state index is 11.2. The van der Waals surface area contributed by atoms with Gasteiger partial charge in [-0.05, 0) is 50.4 Å². The molecule has 35 heavy (non-hydrogen) atoms. The minimum absolute atomic E-state index is 0.251. The van der Waals surface area contributed by atoms with Crippen LogP contribution in [0.1, 0.15) is 31.7 Å². The van der Waals surface area contributed by atoms with Crippen LogP contribution in [0.15, 0.2) is 66.4 Å². The van der Waals surface area contributed by atoms with Gasteiger partial charge in [0.15, 0.2) is 11.0 Å². The average Bonchev–Trinajstić information content (AvgIpc) is 3.24. The summed E-state index contributed by atoms with van der Waals surface area (Å²) in [5, 5.41) is 0. The fourth-order valence-corrected chi connectivity index (χ4v) is 5.32. The van der Waals surface area contributed by atoms with Crippen LogP contribution in [0.3, 0.4) is 0 Å². The molecule has 8 heteroatoms. The molecule has 0 atom stereocenters. The zero-order chi connectivity index (χ0) is 25.2. The number of likely N-dealkylation sites (N-methyl/N-ethyl adjacent to an activating group) is 1. The lowest BCUT2D eigenvalue weighted by Crippen LogP contribution is -2.40. The van der Waals surface area contributed by atoms with Crippen molar-refractivity contribution in [2.24, 2.45) is 0 Å². The van der Waals surface area contributed by atoms with E-state index >= 15 is 0 Å². The first-order valence-electron chi connectivity index (χ1n) is 11.9. The van der Waals surface area contributed by atoms with Gasteiger partial charge in [0.05, 0.1) is 10.1 Å². The van der Waals surface area contributed by atoms with E-state index in [0.29, 0.717) is 6.54 Å². The van der Waals surface area contributed by atoms with E-state index in [9.17, 15) is 13.0 Å². The third-order valence-corrected chi connectivity index (χ3v) is 7.39. The second-order valence-corrected chi connectivity index (χ2v) is 11.3. The molecule has 0 unspecified atom stereocenters. The van der Waals surface area contributed by atoms with Gasteiger partial charge in [-0.1, -0.05) is 50.3 Å². The van der Waals surface area contributed by atoms with Gasteiger partial charge >= 0.3 is 0 Å².